The molecule has 0 fully saturated rings. The predicted molar refractivity (Wildman–Crippen MR) is 174 cm³/mol. The van der Waals surface area contributed by atoms with E-state index < -0.39 is 5.41 Å². The van der Waals surface area contributed by atoms with E-state index in [1.807, 2.05) is 6.07 Å². The van der Waals surface area contributed by atoms with Gasteiger partial charge in [0.05, 0.1) is 5.41 Å². The van der Waals surface area contributed by atoms with Crippen LogP contribution in [-0.4, -0.2) is 0 Å². The molecule has 42 heavy (non-hydrogen) atoms. The highest BCUT2D eigenvalue weighted by Gasteiger charge is 2.54. The Morgan fingerprint density at radius 3 is 1.95 bits per heavy atom. The van der Waals surface area contributed by atoms with Gasteiger partial charge in [-0.1, -0.05) is 121 Å². The molecular weight excluding hydrogens is 510 g/mol. The van der Waals surface area contributed by atoms with Crippen molar-refractivity contribution in [1.29, 1.82) is 0 Å². The van der Waals surface area contributed by atoms with Crippen LogP contribution >= 0.6 is 0 Å². The molecule has 1 spiro atoms. The monoisotopic (exact) mass is 535 g/mol. The minimum atomic E-state index is -0.555. The van der Waals surface area contributed by atoms with Crippen molar-refractivity contribution in [3.63, 3.8) is 0 Å². The Morgan fingerprint density at radius 1 is 0.571 bits per heavy atom. The van der Waals surface area contributed by atoms with Crippen LogP contribution in [0.5, 0.6) is 0 Å². The Labute approximate surface area is 243 Å². The highest BCUT2D eigenvalue weighted by atomic mass is 16.3. The van der Waals surface area contributed by atoms with Gasteiger partial charge in [-0.2, -0.15) is 0 Å². The maximum absolute atomic E-state index is 7.51. The SMILES string of the molecule is Nc1c2c(c3ccccc3c1C1=CC=CC1)-c1ccccc1C21c2ccccc2-c2c1ccc1c2oc2ccccc21. The Balaban J connectivity index is 1.45. The molecule has 10 rings (SSSR count). The second-order valence-electron chi connectivity index (χ2n) is 11.7. The van der Waals surface area contributed by atoms with Gasteiger partial charge in [-0.05, 0) is 62.2 Å². The number of fused-ring (bicyclic) bond motifs is 16. The van der Waals surface area contributed by atoms with Crippen molar-refractivity contribution in [3.8, 4) is 22.3 Å². The fraction of sp³-hybridized carbons (Fsp3) is 0.0500. The van der Waals surface area contributed by atoms with Crippen LogP contribution in [-0.2, 0) is 5.41 Å². The molecular formula is C40H25NO. The van der Waals surface area contributed by atoms with Gasteiger partial charge < -0.3 is 10.2 Å². The summed E-state index contributed by atoms with van der Waals surface area (Å²) in [7, 11) is 0. The molecule has 1 heterocycles. The van der Waals surface area contributed by atoms with Crippen LogP contribution in [0.3, 0.4) is 0 Å². The summed E-state index contributed by atoms with van der Waals surface area (Å²) >= 11 is 0. The van der Waals surface area contributed by atoms with Gasteiger partial charge in [-0.25, -0.2) is 0 Å². The van der Waals surface area contributed by atoms with Gasteiger partial charge in [-0.3, -0.25) is 0 Å². The molecule has 1 aromatic heterocycles. The van der Waals surface area contributed by atoms with Crippen LogP contribution in [0.2, 0.25) is 0 Å². The summed E-state index contributed by atoms with van der Waals surface area (Å²) in [6, 6.07) is 39.6. The van der Waals surface area contributed by atoms with Gasteiger partial charge in [0, 0.05) is 33.2 Å². The topological polar surface area (TPSA) is 39.2 Å². The summed E-state index contributed by atoms with van der Waals surface area (Å²) in [5.41, 5.74) is 22.0. The first-order chi connectivity index (χ1) is 20.8. The number of furan rings is 1. The van der Waals surface area contributed by atoms with Crippen LogP contribution in [0.25, 0.3) is 60.5 Å². The minimum absolute atomic E-state index is 0.555. The second kappa shape index (κ2) is 7.69. The van der Waals surface area contributed by atoms with Crippen molar-refractivity contribution in [2.24, 2.45) is 0 Å². The highest BCUT2D eigenvalue weighted by molar-refractivity contribution is 6.17. The Kier molecular flexibility index (Phi) is 4.09. The molecule has 2 nitrogen and oxygen atoms in total. The molecule has 2 heteroatoms. The average Bonchev–Trinajstić information content (AvgIpc) is 3.81. The third kappa shape index (κ3) is 2.45. The van der Waals surface area contributed by atoms with E-state index in [1.54, 1.807) is 0 Å². The fourth-order valence-electron chi connectivity index (χ4n) is 8.37. The molecule has 0 radical (unpaired) electrons. The van der Waals surface area contributed by atoms with Crippen LogP contribution < -0.4 is 5.73 Å². The predicted octanol–water partition coefficient (Wildman–Crippen LogP) is 10.0. The van der Waals surface area contributed by atoms with Crippen molar-refractivity contribution < 1.29 is 4.42 Å². The number of nitrogens with two attached hydrogens (primary N) is 1. The third-order valence-corrected chi connectivity index (χ3v) is 9.87. The fourth-order valence-corrected chi connectivity index (χ4v) is 8.37. The van der Waals surface area contributed by atoms with Crippen molar-refractivity contribution >= 4 is 44.0 Å². The van der Waals surface area contributed by atoms with Gasteiger partial charge >= 0.3 is 0 Å². The van der Waals surface area contributed by atoms with Crippen molar-refractivity contribution in [3.05, 3.63) is 155 Å². The van der Waals surface area contributed by atoms with E-state index in [-0.39, 0.29) is 0 Å². The summed E-state index contributed by atoms with van der Waals surface area (Å²) in [6.07, 6.45) is 7.49. The smallest absolute Gasteiger partial charge is 0.143 e. The zero-order valence-corrected chi connectivity index (χ0v) is 22.8. The number of rotatable bonds is 1. The maximum Gasteiger partial charge on any atom is 0.143 e. The van der Waals surface area contributed by atoms with Crippen LogP contribution in [0, 0.1) is 0 Å². The summed E-state index contributed by atoms with van der Waals surface area (Å²) in [6.45, 7) is 0. The summed E-state index contributed by atoms with van der Waals surface area (Å²) in [4.78, 5) is 0. The number of hydrogen-bond donors (Lipinski definition) is 1. The molecule has 0 bridgehead atoms. The Hall–Kier alpha value is -5.34. The van der Waals surface area contributed by atoms with E-state index in [0.29, 0.717) is 0 Å². The molecule has 2 N–H and O–H groups in total. The lowest BCUT2D eigenvalue weighted by Gasteiger charge is -2.32. The Morgan fingerprint density at radius 2 is 1.21 bits per heavy atom. The van der Waals surface area contributed by atoms with Crippen molar-refractivity contribution in [2.45, 2.75) is 11.8 Å². The molecule has 0 amide bonds. The average molecular weight is 536 g/mol. The van der Waals surface area contributed by atoms with Crippen LogP contribution in [0.4, 0.5) is 5.69 Å². The maximum atomic E-state index is 7.51. The standard InChI is InChI=1S/C40H25NO/c41-38-34(23-11-1-2-12-23)25-14-3-4-15-26(25)35-28-16-5-8-18-30(28)40(37(35)38)31-19-9-6-17-29(31)36-32(40)22-21-27-24-13-7-10-20-33(24)42-39(27)36/h1-11,13-22H,12,41H2. The number of allylic oxidation sites excluding steroid dienone is 4. The van der Waals surface area contributed by atoms with E-state index >= 15 is 0 Å². The van der Waals surface area contributed by atoms with E-state index in [2.05, 4.69) is 121 Å². The summed E-state index contributed by atoms with van der Waals surface area (Å²) in [5.74, 6) is 0. The number of benzene rings is 6. The zero-order chi connectivity index (χ0) is 27.6. The van der Waals surface area contributed by atoms with Crippen molar-refractivity contribution in [2.75, 3.05) is 5.73 Å². The van der Waals surface area contributed by atoms with Crippen LogP contribution in [0.1, 0.15) is 34.2 Å². The van der Waals surface area contributed by atoms with E-state index in [4.69, 9.17) is 10.2 Å². The normalized spacial score (nSPS) is 17.7. The first-order valence-electron chi connectivity index (χ1n) is 14.6. The summed E-state index contributed by atoms with van der Waals surface area (Å²) < 4.78 is 6.69. The molecule has 1 unspecified atom stereocenters. The van der Waals surface area contributed by atoms with Gasteiger partial charge in [-0.15, -0.1) is 0 Å². The molecule has 7 aromatic rings. The molecule has 0 saturated heterocycles. The third-order valence-electron chi connectivity index (χ3n) is 9.87. The summed E-state index contributed by atoms with van der Waals surface area (Å²) in [5, 5.41) is 4.77. The lowest BCUT2D eigenvalue weighted by atomic mass is 9.69. The van der Waals surface area contributed by atoms with E-state index in [0.717, 1.165) is 39.6 Å². The Bertz CT molecular complexity index is 2400. The molecule has 6 aromatic carbocycles. The molecule has 196 valence electrons. The quantitative estimate of drug-likeness (QED) is 0.212. The largest absolute Gasteiger partial charge is 0.455 e. The highest BCUT2D eigenvalue weighted by Crippen LogP contribution is 2.67. The minimum Gasteiger partial charge on any atom is -0.455 e. The molecule has 3 aliphatic carbocycles. The molecule has 3 aliphatic rings. The number of anilines is 1. The number of nitrogen functional groups attached to an aromatic ring is 1. The number of hydrogen-bond acceptors (Lipinski definition) is 2. The van der Waals surface area contributed by atoms with Gasteiger partial charge in [0.25, 0.3) is 0 Å². The second-order valence-corrected chi connectivity index (χ2v) is 11.7. The van der Waals surface area contributed by atoms with Crippen LogP contribution in [0.15, 0.2) is 132 Å². The van der Waals surface area contributed by atoms with Gasteiger partial charge in [0.15, 0.2) is 0 Å². The first kappa shape index (κ1) is 22.4. The first-order valence-corrected chi connectivity index (χ1v) is 14.6. The lowest BCUT2D eigenvalue weighted by molar-refractivity contribution is 0.669. The number of para-hydroxylation sites is 1. The zero-order valence-electron chi connectivity index (χ0n) is 22.8. The van der Waals surface area contributed by atoms with Gasteiger partial charge in [0.1, 0.15) is 11.2 Å². The molecule has 0 aliphatic heterocycles. The van der Waals surface area contributed by atoms with E-state index in [9.17, 15) is 0 Å². The lowest BCUT2D eigenvalue weighted by Crippen LogP contribution is -2.27. The van der Waals surface area contributed by atoms with Gasteiger partial charge in [0.2, 0.25) is 0 Å². The molecule has 0 saturated carbocycles. The van der Waals surface area contributed by atoms with Crippen molar-refractivity contribution in [1.82, 2.24) is 0 Å². The van der Waals surface area contributed by atoms with E-state index in [1.165, 1.54) is 60.9 Å². The molecule has 1 atom stereocenters.